The molecular weight excluding hydrogens is 168 g/mol. The molecule has 0 amide bonds. The predicted molar refractivity (Wildman–Crippen MR) is 66.4 cm³/mol. The fourth-order valence-electron chi connectivity index (χ4n) is 1.41. The van der Waals surface area contributed by atoms with E-state index in [9.17, 15) is 0 Å². The third-order valence-corrected chi connectivity index (χ3v) is 2.23. The SMILES string of the molecule is C=CCC(C)CC=C(C=C(C)C)CC. The van der Waals surface area contributed by atoms with Crippen molar-refractivity contribution >= 4 is 0 Å². The van der Waals surface area contributed by atoms with Crippen LogP contribution in [0.25, 0.3) is 0 Å². The van der Waals surface area contributed by atoms with E-state index in [1.165, 1.54) is 17.6 Å². The van der Waals surface area contributed by atoms with Crippen molar-refractivity contribution in [1.82, 2.24) is 0 Å². The van der Waals surface area contributed by atoms with Crippen LogP contribution < -0.4 is 0 Å². The van der Waals surface area contributed by atoms with Crippen LogP contribution in [0.3, 0.4) is 0 Å². The molecule has 80 valence electrons. The Morgan fingerprint density at radius 3 is 2.36 bits per heavy atom. The highest BCUT2D eigenvalue weighted by atomic mass is 14.0. The predicted octanol–water partition coefficient (Wildman–Crippen LogP) is 4.89. The molecule has 0 aliphatic carbocycles. The van der Waals surface area contributed by atoms with Crippen molar-refractivity contribution in [2.75, 3.05) is 0 Å². The lowest BCUT2D eigenvalue weighted by atomic mass is 10.0. The minimum absolute atomic E-state index is 0.722. The fourth-order valence-corrected chi connectivity index (χ4v) is 1.41. The number of allylic oxidation sites excluding steroid dienone is 5. The second-order valence-corrected chi connectivity index (χ2v) is 4.22. The molecule has 0 spiro atoms. The summed E-state index contributed by atoms with van der Waals surface area (Å²) in [7, 11) is 0. The van der Waals surface area contributed by atoms with Crippen LogP contribution in [-0.2, 0) is 0 Å². The summed E-state index contributed by atoms with van der Waals surface area (Å²) in [5, 5.41) is 0. The molecule has 0 aromatic rings. The molecule has 14 heavy (non-hydrogen) atoms. The van der Waals surface area contributed by atoms with E-state index in [-0.39, 0.29) is 0 Å². The van der Waals surface area contributed by atoms with E-state index in [0.29, 0.717) is 0 Å². The summed E-state index contributed by atoms with van der Waals surface area (Å²) in [4.78, 5) is 0. The molecule has 1 unspecified atom stereocenters. The molecule has 0 aromatic heterocycles. The van der Waals surface area contributed by atoms with Gasteiger partial charge in [-0.25, -0.2) is 0 Å². The molecule has 0 N–H and O–H groups in total. The van der Waals surface area contributed by atoms with Crippen molar-refractivity contribution in [3.05, 3.63) is 36.0 Å². The molecule has 1 atom stereocenters. The molecule has 0 heterocycles. The standard InChI is InChI=1S/C14H24/c1-6-8-13(5)9-10-14(7-2)11-12(3)4/h6,10-11,13H,1,7-9H2,2-5H3. The van der Waals surface area contributed by atoms with E-state index in [1.54, 1.807) is 0 Å². The summed E-state index contributed by atoms with van der Waals surface area (Å²) >= 11 is 0. The van der Waals surface area contributed by atoms with Gasteiger partial charge >= 0.3 is 0 Å². The van der Waals surface area contributed by atoms with Crippen LogP contribution in [0.2, 0.25) is 0 Å². The van der Waals surface area contributed by atoms with Gasteiger partial charge in [0.2, 0.25) is 0 Å². The zero-order valence-electron chi connectivity index (χ0n) is 10.1. The highest BCUT2D eigenvalue weighted by Gasteiger charge is 1.97. The lowest BCUT2D eigenvalue weighted by Crippen LogP contribution is -1.90. The maximum Gasteiger partial charge on any atom is -0.0311 e. The fraction of sp³-hybridized carbons (Fsp3) is 0.571. The molecule has 0 heteroatoms. The van der Waals surface area contributed by atoms with E-state index < -0.39 is 0 Å². The third kappa shape index (κ3) is 6.71. The van der Waals surface area contributed by atoms with Crippen LogP contribution in [-0.4, -0.2) is 0 Å². The Hall–Kier alpha value is -0.780. The zero-order chi connectivity index (χ0) is 11.0. The van der Waals surface area contributed by atoms with Gasteiger partial charge in [-0.05, 0) is 39.0 Å². The van der Waals surface area contributed by atoms with Crippen LogP contribution >= 0.6 is 0 Å². The second-order valence-electron chi connectivity index (χ2n) is 4.22. The summed E-state index contributed by atoms with van der Waals surface area (Å²) in [6.45, 7) is 12.5. The highest BCUT2D eigenvalue weighted by Crippen LogP contribution is 2.13. The molecule has 0 saturated heterocycles. The van der Waals surface area contributed by atoms with E-state index in [1.807, 2.05) is 6.08 Å². The van der Waals surface area contributed by atoms with E-state index in [0.717, 1.165) is 18.8 Å². The van der Waals surface area contributed by atoms with Gasteiger partial charge in [0, 0.05) is 0 Å². The normalized spacial score (nSPS) is 13.6. The second kappa shape index (κ2) is 7.61. The molecule has 0 aliphatic rings. The van der Waals surface area contributed by atoms with Crippen molar-refractivity contribution in [3.63, 3.8) is 0 Å². The van der Waals surface area contributed by atoms with E-state index in [4.69, 9.17) is 0 Å². The van der Waals surface area contributed by atoms with Crippen molar-refractivity contribution in [1.29, 1.82) is 0 Å². The van der Waals surface area contributed by atoms with Crippen LogP contribution in [0.15, 0.2) is 36.0 Å². The smallest absolute Gasteiger partial charge is 0.0311 e. The lowest BCUT2D eigenvalue weighted by Gasteiger charge is -2.06. The molecule has 0 saturated carbocycles. The molecule has 0 fully saturated rings. The summed E-state index contributed by atoms with van der Waals surface area (Å²) in [6.07, 6.45) is 10.1. The van der Waals surface area contributed by atoms with Crippen LogP contribution in [0.4, 0.5) is 0 Å². The van der Waals surface area contributed by atoms with Crippen LogP contribution in [0, 0.1) is 5.92 Å². The Morgan fingerprint density at radius 1 is 1.29 bits per heavy atom. The Bertz CT molecular complexity index is 214. The average Bonchev–Trinajstić information content (AvgIpc) is 2.12. The Balaban J connectivity index is 4.17. The Labute approximate surface area is 89.4 Å². The van der Waals surface area contributed by atoms with Crippen LogP contribution in [0.1, 0.15) is 47.0 Å². The zero-order valence-corrected chi connectivity index (χ0v) is 10.1. The first-order valence-corrected chi connectivity index (χ1v) is 5.55. The summed E-state index contributed by atoms with van der Waals surface area (Å²) in [5.41, 5.74) is 2.84. The van der Waals surface area contributed by atoms with Gasteiger partial charge < -0.3 is 0 Å². The molecule has 0 radical (unpaired) electrons. The van der Waals surface area contributed by atoms with Gasteiger partial charge in [-0.2, -0.15) is 0 Å². The van der Waals surface area contributed by atoms with Gasteiger partial charge in [-0.15, -0.1) is 6.58 Å². The maximum atomic E-state index is 3.76. The largest absolute Gasteiger partial charge is 0.103 e. The molecule has 0 rings (SSSR count). The molecule has 0 aliphatic heterocycles. The average molecular weight is 192 g/mol. The monoisotopic (exact) mass is 192 g/mol. The van der Waals surface area contributed by atoms with Crippen LogP contribution in [0.5, 0.6) is 0 Å². The van der Waals surface area contributed by atoms with Gasteiger partial charge in [0.25, 0.3) is 0 Å². The molecule has 0 nitrogen and oxygen atoms in total. The molecular formula is C14H24. The summed E-state index contributed by atoms with van der Waals surface area (Å²) < 4.78 is 0. The van der Waals surface area contributed by atoms with E-state index in [2.05, 4.69) is 46.4 Å². The summed E-state index contributed by atoms with van der Waals surface area (Å²) in [6, 6.07) is 0. The molecule has 0 bridgehead atoms. The first-order chi connectivity index (χ1) is 6.60. The minimum atomic E-state index is 0.722. The first-order valence-electron chi connectivity index (χ1n) is 5.55. The highest BCUT2D eigenvalue weighted by molar-refractivity contribution is 5.21. The Morgan fingerprint density at radius 2 is 1.93 bits per heavy atom. The Kier molecular flexibility index (Phi) is 7.18. The first kappa shape index (κ1) is 13.2. The minimum Gasteiger partial charge on any atom is -0.103 e. The number of rotatable bonds is 6. The molecule has 0 aromatic carbocycles. The van der Waals surface area contributed by atoms with Gasteiger partial charge in [0.05, 0.1) is 0 Å². The van der Waals surface area contributed by atoms with Gasteiger partial charge in [0.1, 0.15) is 0 Å². The summed E-state index contributed by atoms with van der Waals surface area (Å²) in [5.74, 6) is 0.722. The van der Waals surface area contributed by atoms with Crippen molar-refractivity contribution < 1.29 is 0 Å². The quantitative estimate of drug-likeness (QED) is 0.415. The van der Waals surface area contributed by atoms with Gasteiger partial charge in [-0.3, -0.25) is 0 Å². The van der Waals surface area contributed by atoms with Crippen molar-refractivity contribution in [2.24, 2.45) is 5.92 Å². The lowest BCUT2D eigenvalue weighted by molar-refractivity contribution is 0.602. The number of hydrogen-bond donors (Lipinski definition) is 0. The maximum absolute atomic E-state index is 3.76. The van der Waals surface area contributed by atoms with Gasteiger partial charge in [0.15, 0.2) is 0 Å². The van der Waals surface area contributed by atoms with Gasteiger partial charge in [-0.1, -0.05) is 43.2 Å². The van der Waals surface area contributed by atoms with E-state index >= 15 is 0 Å². The topological polar surface area (TPSA) is 0 Å². The third-order valence-electron chi connectivity index (χ3n) is 2.23. The van der Waals surface area contributed by atoms with Crippen molar-refractivity contribution in [3.8, 4) is 0 Å². The number of hydrogen-bond acceptors (Lipinski definition) is 0. The van der Waals surface area contributed by atoms with Crippen molar-refractivity contribution in [2.45, 2.75) is 47.0 Å².